The number of nitrogens with one attached hydrogen (secondary N) is 2. The predicted molar refractivity (Wildman–Crippen MR) is 67.8 cm³/mol. The van der Waals surface area contributed by atoms with Gasteiger partial charge < -0.3 is 5.32 Å². The number of benzene rings is 1. The molecule has 94 valence electrons. The molecule has 2 rings (SSSR count). The van der Waals surface area contributed by atoms with Gasteiger partial charge in [0, 0.05) is 16.5 Å². The highest BCUT2D eigenvalue weighted by Gasteiger charge is 2.27. The van der Waals surface area contributed by atoms with E-state index in [1.807, 2.05) is 6.07 Å². The van der Waals surface area contributed by atoms with E-state index in [1.54, 1.807) is 18.2 Å². The fraction of sp³-hybridized carbons (Fsp3) is 0.250. The Morgan fingerprint density at radius 1 is 1.39 bits per heavy atom. The summed E-state index contributed by atoms with van der Waals surface area (Å²) in [5.41, 5.74) is 0.467. The third-order valence-electron chi connectivity index (χ3n) is 2.63. The Hall–Kier alpha value is -1.69. The van der Waals surface area contributed by atoms with Gasteiger partial charge in [0.2, 0.25) is 11.8 Å². The van der Waals surface area contributed by atoms with Crippen LogP contribution < -0.4 is 10.6 Å². The largest absolute Gasteiger partial charge is 0.340 e. The van der Waals surface area contributed by atoms with Gasteiger partial charge >= 0.3 is 0 Å². The van der Waals surface area contributed by atoms with Crippen LogP contribution in [0.3, 0.4) is 0 Å². The van der Waals surface area contributed by atoms with Crippen LogP contribution in [-0.4, -0.2) is 23.8 Å². The Morgan fingerprint density at radius 3 is 2.83 bits per heavy atom. The van der Waals surface area contributed by atoms with Gasteiger partial charge in [-0.3, -0.25) is 19.7 Å². The smallest absolute Gasteiger partial charge is 0.251 e. The van der Waals surface area contributed by atoms with Gasteiger partial charge in [-0.1, -0.05) is 22.0 Å². The summed E-state index contributed by atoms with van der Waals surface area (Å²) in [7, 11) is 0. The molecule has 1 unspecified atom stereocenters. The van der Waals surface area contributed by atoms with Crippen LogP contribution in [0.1, 0.15) is 23.2 Å². The summed E-state index contributed by atoms with van der Waals surface area (Å²) in [5.74, 6) is -1.08. The Morgan fingerprint density at radius 2 is 2.17 bits per heavy atom. The van der Waals surface area contributed by atoms with Crippen molar-refractivity contribution in [1.29, 1.82) is 0 Å². The first kappa shape index (κ1) is 12.8. The summed E-state index contributed by atoms with van der Waals surface area (Å²) in [6, 6.07) is 6.23. The summed E-state index contributed by atoms with van der Waals surface area (Å²) in [4.78, 5) is 34.3. The molecular weight excluding hydrogens is 300 g/mol. The van der Waals surface area contributed by atoms with Crippen LogP contribution in [0, 0.1) is 0 Å². The average molecular weight is 311 g/mol. The van der Waals surface area contributed by atoms with Crippen LogP contribution in [0.15, 0.2) is 28.7 Å². The second kappa shape index (κ2) is 5.30. The molecule has 3 amide bonds. The van der Waals surface area contributed by atoms with Crippen molar-refractivity contribution in [3.05, 3.63) is 34.3 Å². The van der Waals surface area contributed by atoms with E-state index in [0.717, 1.165) is 4.47 Å². The van der Waals surface area contributed by atoms with E-state index in [-0.39, 0.29) is 18.2 Å². The molecule has 1 saturated heterocycles. The Kier molecular flexibility index (Phi) is 3.76. The molecule has 18 heavy (non-hydrogen) atoms. The number of amides is 3. The van der Waals surface area contributed by atoms with Crippen LogP contribution in [0.4, 0.5) is 0 Å². The molecule has 1 fully saturated rings. The van der Waals surface area contributed by atoms with E-state index < -0.39 is 11.9 Å². The van der Waals surface area contributed by atoms with E-state index in [4.69, 9.17) is 0 Å². The molecule has 1 heterocycles. The number of rotatable bonds is 2. The van der Waals surface area contributed by atoms with E-state index in [0.29, 0.717) is 12.0 Å². The molecule has 0 saturated carbocycles. The first-order valence-electron chi connectivity index (χ1n) is 5.46. The fourth-order valence-corrected chi connectivity index (χ4v) is 2.10. The minimum atomic E-state index is -0.644. The SMILES string of the molecule is O=C1CCC(NC(=O)c2cccc(Br)c2)C(=O)N1. The molecule has 1 aromatic rings. The van der Waals surface area contributed by atoms with Gasteiger partial charge in [0.05, 0.1) is 0 Å². The maximum atomic E-state index is 11.9. The minimum Gasteiger partial charge on any atom is -0.340 e. The molecule has 1 aliphatic rings. The molecule has 1 aliphatic heterocycles. The van der Waals surface area contributed by atoms with E-state index >= 15 is 0 Å². The second-order valence-corrected chi connectivity index (χ2v) is 4.90. The summed E-state index contributed by atoms with van der Waals surface area (Å²) < 4.78 is 0.790. The maximum Gasteiger partial charge on any atom is 0.251 e. The minimum absolute atomic E-state index is 0.245. The van der Waals surface area contributed by atoms with E-state index in [2.05, 4.69) is 26.6 Å². The lowest BCUT2D eigenvalue weighted by molar-refractivity contribution is -0.134. The maximum absolute atomic E-state index is 11.9. The second-order valence-electron chi connectivity index (χ2n) is 3.99. The molecular formula is C12H11BrN2O3. The average Bonchev–Trinajstić information content (AvgIpc) is 2.32. The predicted octanol–water partition coefficient (Wildman–Crippen LogP) is 0.984. The number of hydrogen-bond acceptors (Lipinski definition) is 3. The van der Waals surface area contributed by atoms with Crippen LogP contribution in [0.2, 0.25) is 0 Å². The first-order valence-corrected chi connectivity index (χ1v) is 6.25. The van der Waals surface area contributed by atoms with Gasteiger partial charge in [-0.15, -0.1) is 0 Å². The molecule has 6 heteroatoms. The number of piperidine rings is 1. The Bertz CT molecular complexity index is 516. The van der Waals surface area contributed by atoms with Crippen molar-refractivity contribution >= 4 is 33.7 Å². The standard InChI is InChI=1S/C12H11BrN2O3/c13-8-3-1-2-7(6-8)11(17)14-9-4-5-10(16)15-12(9)18/h1-3,6,9H,4-5H2,(H,14,17)(H,15,16,18). The monoisotopic (exact) mass is 310 g/mol. The molecule has 1 aromatic carbocycles. The van der Waals surface area contributed by atoms with Crippen molar-refractivity contribution in [2.24, 2.45) is 0 Å². The molecule has 0 radical (unpaired) electrons. The zero-order valence-corrected chi connectivity index (χ0v) is 11.0. The lowest BCUT2D eigenvalue weighted by atomic mass is 10.1. The number of halogens is 1. The molecule has 1 atom stereocenters. The van der Waals surface area contributed by atoms with E-state index in [1.165, 1.54) is 0 Å². The zero-order chi connectivity index (χ0) is 13.1. The van der Waals surface area contributed by atoms with Crippen LogP contribution in [-0.2, 0) is 9.59 Å². The summed E-state index contributed by atoms with van der Waals surface area (Å²) in [6.07, 6.45) is 0.583. The van der Waals surface area contributed by atoms with Crippen LogP contribution >= 0.6 is 15.9 Å². The molecule has 0 aromatic heterocycles. The summed E-state index contributed by atoms with van der Waals surface area (Å²) in [6.45, 7) is 0. The lowest BCUT2D eigenvalue weighted by Gasteiger charge is -2.21. The highest BCUT2D eigenvalue weighted by molar-refractivity contribution is 9.10. The molecule has 2 N–H and O–H groups in total. The molecule has 0 aliphatic carbocycles. The van der Waals surface area contributed by atoms with E-state index in [9.17, 15) is 14.4 Å². The lowest BCUT2D eigenvalue weighted by Crippen LogP contribution is -2.52. The van der Waals surface area contributed by atoms with Crippen molar-refractivity contribution in [2.45, 2.75) is 18.9 Å². The summed E-state index contributed by atoms with van der Waals surface area (Å²) in [5, 5.41) is 4.80. The van der Waals surface area contributed by atoms with Gasteiger partial charge in [-0.05, 0) is 24.6 Å². The van der Waals surface area contributed by atoms with Gasteiger partial charge in [0.25, 0.3) is 5.91 Å². The Labute approximate surface area is 112 Å². The van der Waals surface area contributed by atoms with Crippen LogP contribution in [0.5, 0.6) is 0 Å². The summed E-state index contributed by atoms with van der Waals surface area (Å²) >= 11 is 3.27. The van der Waals surface area contributed by atoms with Gasteiger partial charge in [-0.2, -0.15) is 0 Å². The van der Waals surface area contributed by atoms with Gasteiger partial charge in [-0.25, -0.2) is 0 Å². The van der Waals surface area contributed by atoms with Crippen molar-refractivity contribution in [3.8, 4) is 0 Å². The first-order chi connectivity index (χ1) is 8.56. The van der Waals surface area contributed by atoms with Gasteiger partial charge in [0.1, 0.15) is 6.04 Å². The molecule has 0 spiro atoms. The number of imide groups is 1. The van der Waals surface area contributed by atoms with Crippen molar-refractivity contribution in [1.82, 2.24) is 10.6 Å². The third-order valence-corrected chi connectivity index (χ3v) is 3.12. The highest BCUT2D eigenvalue weighted by Crippen LogP contribution is 2.12. The topological polar surface area (TPSA) is 75.3 Å². The third kappa shape index (κ3) is 2.95. The molecule has 0 bridgehead atoms. The number of hydrogen-bond donors (Lipinski definition) is 2. The van der Waals surface area contributed by atoms with Crippen LogP contribution in [0.25, 0.3) is 0 Å². The van der Waals surface area contributed by atoms with Gasteiger partial charge in [0.15, 0.2) is 0 Å². The normalized spacial score (nSPS) is 19.3. The quantitative estimate of drug-likeness (QED) is 0.800. The van der Waals surface area contributed by atoms with Crippen molar-refractivity contribution in [3.63, 3.8) is 0 Å². The Balaban J connectivity index is 2.03. The van der Waals surface area contributed by atoms with Crippen molar-refractivity contribution in [2.75, 3.05) is 0 Å². The molecule has 5 nitrogen and oxygen atoms in total. The zero-order valence-electron chi connectivity index (χ0n) is 9.40. The van der Waals surface area contributed by atoms with Crippen molar-refractivity contribution < 1.29 is 14.4 Å². The number of carbonyl (C=O) groups excluding carboxylic acids is 3. The highest BCUT2D eigenvalue weighted by atomic mass is 79.9. The fourth-order valence-electron chi connectivity index (χ4n) is 1.70. The number of carbonyl (C=O) groups is 3.